The predicted molar refractivity (Wildman–Crippen MR) is 46.1 cm³/mol. The van der Waals surface area contributed by atoms with Crippen molar-refractivity contribution in [2.75, 3.05) is 0 Å². The summed E-state index contributed by atoms with van der Waals surface area (Å²) in [5.41, 5.74) is 0. The molecule has 0 aromatic rings. The lowest BCUT2D eigenvalue weighted by Crippen LogP contribution is -2.18. The molecule has 0 aliphatic heterocycles. The summed E-state index contributed by atoms with van der Waals surface area (Å²) in [6.45, 7) is 4.15. The maximum absolute atomic E-state index is 8.87. The first-order valence-electron chi connectivity index (χ1n) is 4.58. The van der Waals surface area contributed by atoms with Gasteiger partial charge in [0.1, 0.15) is 0 Å². The molecule has 0 aromatic heterocycles. The van der Waals surface area contributed by atoms with E-state index < -0.39 is 6.29 Å². The number of aliphatic hydroxyl groups is 2. The molecule has 2 nitrogen and oxygen atoms in total. The Morgan fingerprint density at radius 2 is 1.73 bits per heavy atom. The van der Waals surface area contributed by atoms with Crippen LogP contribution in [0.15, 0.2) is 0 Å². The first kappa shape index (κ1) is 10.9. The lowest BCUT2D eigenvalue weighted by molar-refractivity contribution is -0.0871. The van der Waals surface area contributed by atoms with Gasteiger partial charge in [0.2, 0.25) is 0 Å². The van der Waals surface area contributed by atoms with Crippen LogP contribution in [0, 0.1) is 5.92 Å². The van der Waals surface area contributed by atoms with Gasteiger partial charge in [0.25, 0.3) is 0 Å². The van der Waals surface area contributed by atoms with E-state index in [1.807, 2.05) is 6.92 Å². The average Bonchev–Trinajstić information content (AvgIpc) is 1.97. The molecule has 0 fully saturated rings. The van der Waals surface area contributed by atoms with Crippen LogP contribution in [0.2, 0.25) is 0 Å². The summed E-state index contributed by atoms with van der Waals surface area (Å²) in [6, 6.07) is 0. The van der Waals surface area contributed by atoms with E-state index in [1.54, 1.807) is 0 Å². The van der Waals surface area contributed by atoms with Crippen LogP contribution in [0.5, 0.6) is 0 Å². The Morgan fingerprint density at radius 3 is 2.09 bits per heavy atom. The zero-order chi connectivity index (χ0) is 8.69. The summed E-state index contributed by atoms with van der Waals surface area (Å²) < 4.78 is 0. The number of unbranched alkanes of at least 4 members (excludes halogenated alkanes) is 2. The second-order valence-corrected chi connectivity index (χ2v) is 3.08. The minimum atomic E-state index is -1.11. The summed E-state index contributed by atoms with van der Waals surface area (Å²) in [4.78, 5) is 0. The Balaban J connectivity index is 3.36. The standard InChI is InChI=1S/C9H20O2/c1-3-5-6-7-8(4-2)9(10)11/h8-11H,3-7H2,1-2H3. The summed E-state index contributed by atoms with van der Waals surface area (Å²) in [5, 5.41) is 17.7. The summed E-state index contributed by atoms with van der Waals surface area (Å²) in [5.74, 6) is 0.0848. The third-order valence-electron chi connectivity index (χ3n) is 2.12. The Kier molecular flexibility index (Phi) is 6.57. The minimum absolute atomic E-state index is 0.0848. The van der Waals surface area contributed by atoms with Crippen LogP contribution >= 0.6 is 0 Å². The molecule has 0 amide bonds. The normalized spacial score (nSPS) is 13.9. The fraction of sp³-hybridized carbons (Fsp3) is 1.00. The first-order chi connectivity index (χ1) is 5.22. The zero-order valence-corrected chi connectivity index (χ0v) is 7.58. The van der Waals surface area contributed by atoms with E-state index in [1.165, 1.54) is 12.8 Å². The highest BCUT2D eigenvalue weighted by Crippen LogP contribution is 2.15. The van der Waals surface area contributed by atoms with E-state index in [9.17, 15) is 0 Å². The minimum Gasteiger partial charge on any atom is -0.368 e. The maximum Gasteiger partial charge on any atom is 0.154 e. The molecule has 11 heavy (non-hydrogen) atoms. The molecule has 0 saturated carbocycles. The van der Waals surface area contributed by atoms with Crippen molar-refractivity contribution in [1.82, 2.24) is 0 Å². The Hall–Kier alpha value is -0.0800. The van der Waals surface area contributed by atoms with Crippen molar-refractivity contribution in [3.63, 3.8) is 0 Å². The highest BCUT2D eigenvalue weighted by atomic mass is 16.5. The largest absolute Gasteiger partial charge is 0.368 e. The molecule has 0 spiro atoms. The molecule has 0 heterocycles. The highest BCUT2D eigenvalue weighted by Gasteiger charge is 2.12. The smallest absolute Gasteiger partial charge is 0.154 e. The second kappa shape index (κ2) is 6.62. The fourth-order valence-corrected chi connectivity index (χ4v) is 1.22. The maximum atomic E-state index is 8.87. The lowest BCUT2D eigenvalue weighted by atomic mass is 9.98. The van der Waals surface area contributed by atoms with Gasteiger partial charge in [-0.05, 0) is 12.8 Å². The molecule has 68 valence electrons. The van der Waals surface area contributed by atoms with Crippen LogP contribution in [-0.4, -0.2) is 16.5 Å². The van der Waals surface area contributed by atoms with Crippen molar-refractivity contribution in [3.05, 3.63) is 0 Å². The van der Waals surface area contributed by atoms with Crippen molar-refractivity contribution in [2.45, 2.75) is 52.2 Å². The number of rotatable bonds is 6. The average molecular weight is 160 g/mol. The van der Waals surface area contributed by atoms with E-state index in [0.717, 1.165) is 19.3 Å². The number of aliphatic hydroxyl groups excluding tert-OH is 1. The molecule has 1 atom stereocenters. The highest BCUT2D eigenvalue weighted by molar-refractivity contribution is 4.58. The molecule has 0 aliphatic carbocycles. The van der Waals surface area contributed by atoms with Crippen LogP contribution < -0.4 is 0 Å². The van der Waals surface area contributed by atoms with E-state index >= 15 is 0 Å². The van der Waals surface area contributed by atoms with Crippen molar-refractivity contribution in [2.24, 2.45) is 5.92 Å². The Morgan fingerprint density at radius 1 is 1.09 bits per heavy atom. The number of hydrogen-bond acceptors (Lipinski definition) is 2. The van der Waals surface area contributed by atoms with E-state index in [0.29, 0.717) is 0 Å². The molecule has 0 aliphatic rings. The van der Waals surface area contributed by atoms with Gasteiger partial charge in [-0.1, -0.05) is 33.1 Å². The second-order valence-electron chi connectivity index (χ2n) is 3.08. The molecule has 0 radical (unpaired) electrons. The van der Waals surface area contributed by atoms with Gasteiger partial charge in [-0.15, -0.1) is 0 Å². The van der Waals surface area contributed by atoms with Crippen molar-refractivity contribution in [3.8, 4) is 0 Å². The Bertz CT molecular complexity index is 81.6. The number of hydrogen-bond donors (Lipinski definition) is 2. The van der Waals surface area contributed by atoms with Gasteiger partial charge in [0.15, 0.2) is 6.29 Å². The van der Waals surface area contributed by atoms with Crippen LogP contribution in [0.1, 0.15) is 46.0 Å². The molecule has 2 N–H and O–H groups in total. The van der Waals surface area contributed by atoms with E-state index in [-0.39, 0.29) is 5.92 Å². The third kappa shape index (κ3) is 5.22. The van der Waals surface area contributed by atoms with Crippen molar-refractivity contribution < 1.29 is 10.2 Å². The van der Waals surface area contributed by atoms with Crippen LogP contribution in [0.25, 0.3) is 0 Å². The SMILES string of the molecule is CCCCCC(CC)C(O)O. The third-order valence-corrected chi connectivity index (χ3v) is 2.12. The van der Waals surface area contributed by atoms with Gasteiger partial charge < -0.3 is 10.2 Å². The molecular formula is C9H20O2. The van der Waals surface area contributed by atoms with Gasteiger partial charge in [-0.3, -0.25) is 0 Å². The van der Waals surface area contributed by atoms with Gasteiger partial charge in [0.05, 0.1) is 0 Å². The summed E-state index contributed by atoms with van der Waals surface area (Å²) in [7, 11) is 0. The molecule has 2 heteroatoms. The summed E-state index contributed by atoms with van der Waals surface area (Å²) in [6.07, 6.45) is 4.20. The monoisotopic (exact) mass is 160 g/mol. The fourth-order valence-electron chi connectivity index (χ4n) is 1.22. The first-order valence-corrected chi connectivity index (χ1v) is 4.58. The molecule has 0 bridgehead atoms. The Labute approximate surface area is 69.2 Å². The lowest BCUT2D eigenvalue weighted by Gasteiger charge is -2.15. The topological polar surface area (TPSA) is 40.5 Å². The van der Waals surface area contributed by atoms with Crippen LogP contribution in [-0.2, 0) is 0 Å². The van der Waals surface area contributed by atoms with Gasteiger partial charge >= 0.3 is 0 Å². The van der Waals surface area contributed by atoms with E-state index in [4.69, 9.17) is 10.2 Å². The van der Waals surface area contributed by atoms with E-state index in [2.05, 4.69) is 6.92 Å². The molecule has 0 rings (SSSR count). The predicted octanol–water partition coefficient (Wildman–Crippen LogP) is 1.90. The summed E-state index contributed by atoms with van der Waals surface area (Å²) >= 11 is 0. The van der Waals surface area contributed by atoms with Gasteiger partial charge in [0, 0.05) is 5.92 Å². The van der Waals surface area contributed by atoms with Crippen LogP contribution in [0.4, 0.5) is 0 Å². The molecule has 1 unspecified atom stereocenters. The van der Waals surface area contributed by atoms with Crippen molar-refractivity contribution >= 4 is 0 Å². The van der Waals surface area contributed by atoms with Gasteiger partial charge in [-0.2, -0.15) is 0 Å². The molecule has 0 aromatic carbocycles. The molecule has 0 saturated heterocycles. The van der Waals surface area contributed by atoms with Crippen LogP contribution in [0.3, 0.4) is 0 Å². The van der Waals surface area contributed by atoms with Crippen molar-refractivity contribution in [1.29, 1.82) is 0 Å². The van der Waals surface area contributed by atoms with Gasteiger partial charge in [-0.25, -0.2) is 0 Å². The zero-order valence-electron chi connectivity index (χ0n) is 7.58. The molecular weight excluding hydrogens is 140 g/mol. The quantitative estimate of drug-likeness (QED) is 0.460.